The van der Waals surface area contributed by atoms with Crippen molar-refractivity contribution in [1.82, 2.24) is 10.5 Å². The first-order chi connectivity index (χ1) is 11.2. The van der Waals surface area contributed by atoms with Crippen LogP contribution in [-0.2, 0) is 0 Å². The zero-order valence-corrected chi connectivity index (χ0v) is 13.6. The molecule has 0 saturated heterocycles. The first kappa shape index (κ1) is 14.4. The van der Waals surface area contributed by atoms with Gasteiger partial charge in [-0.25, -0.2) is 0 Å². The van der Waals surface area contributed by atoms with Gasteiger partial charge in [-0.2, -0.15) is 0 Å². The average molecular weight is 325 g/mol. The molecule has 1 aliphatic heterocycles. The van der Waals surface area contributed by atoms with Crippen molar-refractivity contribution < 1.29 is 0 Å². The Hall–Kier alpha value is -2.22. The summed E-state index contributed by atoms with van der Waals surface area (Å²) in [4.78, 5) is 4.25. The standard InChI is InChI=1S/C18H17ClN4/c1-12-14(3-2-10-20-12)6-7-15-8-9-16-18(17(15)19)21-22-23(16)11-13-4-5-13/h2-3,8-10,13,21-22H,4-5,11H2,1H3. The maximum atomic E-state index is 6.53. The fourth-order valence-electron chi connectivity index (χ4n) is 2.64. The van der Waals surface area contributed by atoms with Crippen LogP contribution in [0.15, 0.2) is 30.5 Å². The molecule has 0 amide bonds. The highest BCUT2D eigenvalue weighted by Crippen LogP contribution is 2.40. The van der Waals surface area contributed by atoms with Crippen molar-refractivity contribution in [3.8, 4) is 11.8 Å². The topological polar surface area (TPSA) is 40.2 Å². The number of rotatable bonds is 2. The Labute approximate surface area is 140 Å². The number of fused-ring (bicyclic) bond motifs is 1. The van der Waals surface area contributed by atoms with E-state index in [9.17, 15) is 0 Å². The summed E-state index contributed by atoms with van der Waals surface area (Å²) in [6.07, 6.45) is 4.40. The van der Waals surface area contributed by atoms with Crippen molar-refractivity contribution in [2.75, 3.05) is 17.0 Å². The molecule has 1 aliphatic carbocycles. The molecule has 1 aromatic heterocycles. The van der Waals surface area contributed by atoms with E-state index in [0.29, 0.717) is 5.02 Å². The number of nitrogens with zero attached hydrogens (tertiary/aromatic N) is 2. The summed E-state index contributed by atoms with van der Waals surface area (Å²) in [6, 6.07) is 7.90. The quantitative estimate of drug-likeness (QED) is 0.829. The van der Waals surface area contributed by atoms with Gasteiger partial charge in [-0.05, 0) is 49.9 Å². The maximum Gasteiger partial charge on any atom is 0.0953 e. The lowest BCUT2D eigenvalue weighted by Crippen LogP contribution is -2.37. The summed E-state index contributed by atoms with van der Waals surface area (Å²) < 4.78 is 0. The Morgan fingerprint density at radius 2 is 2.09 bits per heavy atom. The number of benzene rings is 1. The van der Waals surface area contributed by atoms with Crippen LogP contribution >= 0.6 is 11.6 Å². The molecule has 4 rings (SSSR count). The minimum atomic E-state index is 0.655. The van der Waals surface area contributed by atoms with Gasteiger partial charge in [-0.1, -0.05) is 23.4 Å². The molecular weight excluding hydrogens is 308 g/mol. The van der Waals surface area contributed by atoms with Crippen LogP contribution in [0.25, 0.3) is 0 Å². The third kappa shape index (κ3) is 2.86. The van der Waals surface area contributed by atoms with E-state index in [4.69, 9.17) is 11.6 Å². The van der Waals surface area contributed by atoms with Crippen LogP contribution in [0.5, 0.6) is 0 Å². The number of hydrogen-bond donors (Lipinski definition) is 2. The number of hydrazine groups is 2. The summed E-state index contributed by atoms with van der Waals surface area (Å²) in [5.41, 5.74) is 11.0. The van der Waals surface area contributed by atoms with Gasteiger partial charge in [-0.3, -0.25) is 9.99 Å². The second-order valence-electron chi connectivity index (χ2n) is 6.00. The average Bonchev–Trinajstić information content (AvgIpc) is 3.27. The van der Waals surface area contributed by atoms with Gasteiger partial charge in [0.25, 0.3) is 0 Å². The summed E-state index contributed by atoms with van der Waals surface area (Å²) in [6.45, 7) is 2.96. The van der Waals surface area contributed by atoms with Gasteiger partial charge < -0.3 is 5.43 Å². The maximum absolute atomic E-state index is 6.53. The van der Waals surface area contributed by atoms with Crippen molar-refractivity contribution in [1.29, 1.82) is 0 Å². The molecule has 1 aromatic carbocycles. The Balaban J connectivity index is 1.63. The van der Waals surface area contributed by atoms with Gasteiger partial charge in [0, 0.05) is 23.9 Å². The molecule has 2 aromatic rings. The van der Waals surface area contributed by atoms with Crippen molar-refractivity contribution in [3.63, 3.8) is 0 Å². The molecule has 1 saturated carbocycles. The van der Waals surface area contributed by atoms with E-state index in [0.717, 1.165) is 40.7 Å². The highest BCUT2D eigenvalue weighted by atomic mass is 35.5. The van der Waals surface area contributed by atoms with Crippen LogP contribution in [0.1, 0.15) is 29.7 Å². The van der Waals surface area contributed by atoms with E-state index in [1.807, 2.05) is 25.1 Å². The minimum Gasteiger partial charge on any atom is -0.300 e. The number of halogens is 1. The van der Waals surface area contributed by atoms with Crippen LogP contribution in [-0.4, -0.2) is 11.5 Å². The zero-order chi connectivity index (χ0) is 15.8. The van der Waals surface area contributed by atoms with Crippen LogP contribution in [0.3, 0.4) is 0 Å². The van der Waals surface area contributed by atoms with E-state index >= 15 is 0 Å². The smallest absolute Gasteiger partial charge is 0.0953 e. The van der Waals surface area contributed by atoms with E-state index in [2.05, 4.69) is 38.9 Å². The van der Waals surface area contributed by atoms with E-state index in [-0.39, 0.29) is 0 Å². The van der Waals surface area contributed by atoms with Gasteiger partial charge in [-0.15, -0.1) is 5.53 Å². The van der Waals surface area contributed by atoms with Gasteiger partial charge >= 0.3 is 0 Å². The van der Waals surface area contributed by atoms with Crippen LogP contribution in [0, 0.1) is 24.7 Å². The molecule has 0 spiro atoms. The molecule has 1 fully saturated rings. The van der Waals surface area contributed by atoms with Crippen LogP contribution in [0.4, 0.5) is 11.4 Å². The first-order valence-corrected chi connectivity index (χ1v) is 8.15. The predicted molar refractivity (Wildman–Crippen MR) is 93.2 cm³/mol. The third-order valence-electron chi connectivity index (χ3n) is 4.20. The third-order valence-corrected chi connectivity index (χ3v) is 4.60. The van der Waals surface area contributed by atoms with E-state index in [1.165, 1.54) is 12.8 Å². The lowest BCUT2D eigenvalue weighted by atomic mass is 10.1. The summed E-state index contributed by atoms with van der Waals surface area (Å²) in [5, 5.41) is 2.78. The molecule has 2 aliphatic rings. The predicted octanol–water partition coefficient (Wildman–Crippen LogP) is 3.50. The zero-order valence-electron chi connectivity index (χ0n) is 12.9. The lowest BCUT2D eigenvalue weighted by molar-refractivity contribution is 0.674. The molecule has 0 atom stereocenters. The van der Waals surface area contributed by atoms with Gasteiger partial charge in [0.05, 0.1) is 22.1 Å². The number of aromatic nitrogens is 1. The van der Waals surface area contributed by atoms with E-state index in [1.54, 1.807) is 6.20 Å². The van der Waals surface area contributed by atoms with Crippen molar-refractivity contribution in [2.24, 2.45) is 5.92 Å². The SMILES string of the molecule is Cc1ncccc1C#Cc1ccc2c(c1Cl)NNN2CC1CC1. The Morgan fingerprint density at radius 3 is 2.87 bits per heavy atom. The number of pyridine rings is 1. The fourth-order valence-corrected chi connectivity index (χ4v) is 2.90. The number of aryl methyl sites for hydroxylation is 1. The van der Waals surface area contributed by atoms with Gasteiger partial charge in [0.2, 0.25) is 0 Å². The van der Waals surface area contributed by atoms with Gasteiger partial charge in [0.15, 0.2) is 0 Å². The second kappa shape index (κ2) is 5.77. The number of nitrogens with one attached hydrogen (secondary N) is 2. The van der Waals surface area contributed by atoms with Crippen molar-refractivity contribution in [2.45, 2.75) is 19.8 Å². The molecule has 5 heteroatoms. The molecule has 0 bridgehead atoms. The molecular formula is C18H17ClN4. The minimum absolute atomic E-state index is 0.655. The molecule has 2 N–H and O–H groups in total. The van der Waals surface area contributed by atoms with Crippen molar-refractivity contribution >= 4 is 23.0 Å². The normalized spacial score (nSPS) is 15.7. The first-order valence-electron chi connectivity index (χ1n) is 7.77. The Bertz CT molecular complexity index is 818. The highest BCUT2D eigenvalue weighted by molar-refractivity contribution is 6.35. The Kier molecular flexibility index (Phi) is 3.60. The molecule has 0 radical (unpaired) electrons. The Morgan fingerprint density at radius 1 is 1.26 bits per heavy atom. The molecule has 23 heavy (non-hydrogen) atoms. The number of hydrogen-bond acceptors (Lipinski definition) is 4. The lowest BCUT2D eigenvalue weighted by Gasteiger charge is -2.17. The van der Waals surface area contributed by atoms with E-state index < -0.39 is 0 Å². The molecule has 0 unspecified atom stereocenters. The van der Waals surface area contributed by atoms with Crippen LogP contribution in [0.2, 0.25) is 5.02 Å². The summed E-state index contributed by atoms with van der Waals surface area (Å²) in [7, 11) is 0. The van der Waals surface area contributed by atoms with Gasteiger partial charge in [0.1, 0.15) is 0 Å². The summed E-state index contributed by atoms with van der Waals surface area (Å²) >= 11 is 6.53. The molecule has 4 nitrogen and oxygen atoms in total. The highest BCUT2D eigenvalue weighted by Gasteiger charge is 2.29. The number of anilines is 2. The summed E-state index contributed by atoms with van der Waals surface area (Å²) in [5.74, 6) is 7.11. The monoisotopic (exact) mass is 324 g/mol. The van der Waals surface area contributed by atoms with Crippen molar-refractivity contribution in [3.05, 3.63) is 52.3 Å². The molecule has 116 valence electrons. The molecule has 2 heterocycles. The van der Waals surface area contributed by atoms with Crippen LogP contribution < -0.4 is 16.0 Å². The largest absolute Gasteiger partial charge is 0.300 e. The second-order valence-corrected chi connectivity index (χ2v) is 6.38. The fraction of sp³-hybridized carbons (Fsp3) is 0.278.